The summed E-state index contributed by atoms with van der Waals surface area (Å²) in [5, 5.41) is 3.39. The van der Waals surface area contributed by atoms with Gasteiger partial charge in [-0.3, -0.25) is 0 Å². The number of hydrogen-bond donors (Lipinski definition) is 2. The summed E-state index contributed by atoms with van der Waals surface area (Å²) in [5.74, 6) is -2.04. The molecule has 3 nitrogen and oxygen atoms in total. The van der Waals surface area contributed by atoms with Crippen molar-refractivity contribution >= 4 is 29.0 Å². The predicted octanol–water partition coefficient (Wildman–Crippen LogP) is 5.28. The molecular weight excluding hydrogens is 343 g/mol. The molecule has 0 atom stereocenters. The van der Waals surface area contributed by atoms with Crippen LogP contribution in [-0.4, -0.2) is 6.03 Å². The van der Waals surface area contributed by atoms with E-state index < -0.39 is 40.1 Å². The van der Waals surface area contributed by atoms with Gasteiger partial charge in [-0.25, -0.2) is 13.6 Å². The first kappa shape index (κ1) is 17.0. The molecule has 2 rings (SSSR count). The smallest absolute Gasteiger partial charge is 0.308 e. The van der Waals surface area contributed by atoms with Crippen LogP contribution in [0.5, 0.6) is 0 Å². The molecule has 2 N–H and O–H groups in total. The lowest BCUT2D eigenvalue weighted by Gasteiger charge is -2.12. The first-order valence-electron chi connectivity index (χ1n) is 6.07. The maximum atomic E-state index is 13.4. The molecule has 0 bridgehead atoms. The van der Waals surface area contributed by atoms with Crippen molar-refractivity contribution in [2.45, 2.75) is 6.18 Å². The van der Waals surface area contributed by atoms with Gasteiger partial charge in [-0.15, -0.1) is 0 Å². The molecule has 0 aliphatic rings. The number of para-hydroxylation sites is 1. The number of nitrogens with one attached hydrogen (secondary N) is 2. The van der Waals surface area contributed by atoms with Crippen LogP contribution < -0.4 is 10.6 Å². The van der Waals surface area contributed by atoms with Crippen molar-refractivity contribution in [3.63, 3.8) is 0 Å². The third-order valence-electron chi connectivity index (χ3n) is 2.73. The Morgan fingerprint density at radius 2 is 1.61 bits per heavy atom. The normalized spacial score (nSPS) is 11.2. The first-order valence-corrected chi connectivity index (χ1v) is 6.45. The van der Waals surface area contributed by atoms with Crippen molar-refractivity contribution in [1.29, 1.82) is 0 Å². The summed E-state index contributed by atoms with van der Waals surface area (Å²) in [6.07, 6.45) is -4.71. The minimum atomic E-state index is -4.71. The van der Waals surface area contributed by atoms with Crippen molar-refractivity contribution in [1.82, 2.24) is 0 Å². The second kappa shape index (κ2) is 6.41. The van der Waals surface area contributed by atoms with Gasteiger partial charge in [-0.2, -0.15) is 13.2 Å². The van der Waals surface area contributed by atoms with Gasteiger partial charge in [0.15, 0.2) is 0 Å². The maximum absolute atomic E-state index is 13.4. The largest absolute Gasteiger partial charge is 0.417 e. The molecule has 0 unspecified atom stereocenters. The fourth-order valence-corrected chi connectivity index (χ4v) is 1.94. The molecule has 0 saturated carbocycles. The Hall–Kier alpha value is -2.35. The SMILES string of the molecule is O=C(Nc1ccc(Cl)c(C(F)(F)F)c1)Nc1c(F)cccc1F. The van der Waals surface area contributed by atoms with Gasteiger partial charge in [0.2, 0.25) is 0 Å². The second-order valence-corrected chi connectivity index (χ2v) is 4.78. The molecular formula is C14H8ClF5N2O. The summed E-state index contributed by atoms with van der Waals surface area (Å²) in [6, 6.07) is 4.51. The molecule has 2 amide bonds. The highest BCUT2D eigenvalue weighted by atomic mass is 35.5. The van der Waals surface area contributed by atoms with Crippen molar-refractivity contribution in [2.24, 2.45) is 0 Å². The standard InChI is InChI=1S/C14H8ClF5N2O/c15-9-5-4-7(6-8(9)14(18,19)20)21-13(23)22-12-10(16)2-1-3-11(12)17/h1-6H,(H2,21,22,23). The van der Waals surface area contributed by atoms with E-state index >= 15 is 0 Å². The lowest BCUT2D eigenvalue weighted by Crippen LogP contribution is -2.21. The Kier molecular flexibility index (Phi) is 4.74. The lowest BCUT2D eigenvalue weighted by molar-refractivity contribution is -0.137. The number of benzene rings is 2. The highest BCUT2D eigenvalue weighted by molar-refractivity contribution is 6.31. The van der Waals surface area contributed by atoms with Crippen LogP contribution in [0, 0.1) is 11.6 Å². The molecule has 0 aliphatic carbocycles. The van der Waals surface area contributed by atoms with E-state index in [1.54, 1.807) is 0 Å². The number of amides is 2. The van der Waals surface area contributed by atoms with Gasteiger partial charge in [0.25, 0.3) is 0 Å². The molecule has 0 saturated heterocycles. The van der Waals surface area contributed by atoms with Gasteiger partial charge in [0.05, 0.1) is 10.6 Å². The van der Waals surface area contributed by atoms with Gasteiger partial charge in [0, 0.05) is 5.69 Å². The highest BCUT2D eigenvalue weighted by Gasteiger charge is 2.33. The van der Waals surface area contributed by atoms with Gasteiger partial charge < -0.3 is 10.6 Å². The number of alkyl halides is 3. The van der Waals surface area contributed by atoms with Gasteiger partial charge in [-0.05, 0) is 30.3 Å². The summed E-state index contributed by atoms with van der Waals surface area (Å²) < 4.78 is 64.9. The number of carbonyl (C=O) groups excluding carboxylic acids is 1. The molecule has 23 heavy (non-hydrogen) atoms. The Morgan fingerprint density at radius 3 is 2.17 bits per heavy atom. The van der Waals surface area contributed by atoms with Crippen molar-refractivity contribution in [2.75, 3.05) is 10.6 Å². The van der Waals surface area contributed by atoms with Crippen LogP contribution in [0.15, 0.2) is 36.4 Å². The lowest BCUT2D eigenvalue weighted by atomic mass is 10.2. The summed E-state index contributed by atoms with van der Waals surface area (Å²) in [4.78, 5) is 11.7. The molecule has 2 aromatic carbocycles. The van der Waals surface area contributed by atoms with Gasteiger partial charge in [0.1, 0.15) is 17.3 Å². The predicted molar refractivity (Wildman–Crippen MR) is 75.5 cm³/mol. The zero-order valence-corrected chi connectivity index (χ0v) is 11.9. The number of hydrogen-bond acceptors (Lipinski definition) is 1. The zero-order valence-electron chi connectivity index (χ0n) is 11.1. The van der Waals surface area contributed by atoms with E-state index in [1.165, 1.54) is 0 Å². The van der Waals surface area contributed by atoms with E-state index in [1.807, 2.05) is 10.6 Å². The van der Waals surface area contributed by atoms with Crippen molar-refractivity contribution in [3.8, 4) is 0 Å². The summed E-state index contributed by atoms with van der Waals surface area (Å²) in [5.41, 5.74) is -2.10. The summed E-state index contributed by atoms with van der Waals surface area (Å²) in [6.45, 7) is 0. The molecule has 0 spiro atoms. The van der Waals surface area contributed by atoms with Crippen LogP contribution in [0.1, 0.15) is 5.56 Å². The summed E-state index contributed by atoms with van der Waals surface area (Å²) >= 11 is 5.44. The average molecular weight is 351 g/mol. The van der Waals surface area contributed by atoms with Crippen LogP contribution in [0.2, 0.25) is 5.02 Å². The second-order valence-electron chi connectivity index (χ2n) is 4.37. The molecule has 2 aromatic rings. The van der Waals surface area contributed by atoms with Crippen molar-refractivity contribution < 1.29 is 26.7 Å². The van der Waals surface area contributed by atoms with E-state index in [-0.39, 0.29) is 5.69 Å². The van der Waals surface area contributed by atoms with Crippen LogP contribution >= 0.6 is 11.6 Å². The maximum Gasteiger partial charge on any atom is 0.417 e. The van der Waals surface area contributed by atoms with Crippen LogP contribution in [-0.2, 0) is 6.18 Å². The average Bonchev–Trinajstić information content (AvgIpc) is 2.44. The summed E-state index contributed by atoms with van der Waals surface area (Å²) in [7, 11) is 0. The number of halogens is 6. The Labute approximate surface area is 132 Å². The van der Waals surface area contributed by atoms with Crippen LogP contribution in [0.4, 0.5) is 38.1 Å². The van der Waals surface area contributed by atoms with E-state index in [9.17, 15) is 26.7 Å². The number of rotatable bonds is 2. The minimum Gasteiger partial charge on any atom is -0.308 e. The molecule has 9 heteroatoms. The topological polar surface area (TPSA) is 41.1 Å². The number of urea groups is 1. The van der Waals surface area contributed by atoms with Gasteiger partial charge in [-0.1, -0.05) is 17.7 Å². The zero-order chi connectivity index (χ0) is 17.2. The third kappa shape index (κ3) is 4.10. The van der Waals surface area contributed by atoms with Gasteiger partial charge >= 0.3 is 12.2 Å². The Morgan fingerprint density at radius 1 is 1.00 bits per heavy atom. The number of carbonyl (C=O) groups is 1. The van der Waals surface area contributed by atoms with E-state index in [0.29, 0.717) is 6.07 Å². The molecule has 0 fully saturated rings. The van der Waals surface area contributed by atoms with Crippen molar-refractivity contribution in [3.05, 3.63) is 58.6 Å². The molecule has 0 radical (unpaired) electrons. The fourth-order valence-electron chi connectivity index (χ4n) is 1.71. The fraction of sp³-hybridized carbons (Fsp3) is 0.0714. The van der Waals surface area contributed by atoms with E-state index in [2.05, 4.69) is 0 Å². The highest BCUT2D eigenvalue weighted by Crippen LogP contribution is 2.36. The van der Waals surface area contributed by atoms with Crippen LogP contribution in [0.25, 0.3) is 0 Å². The molecule has 0 aliphatic heterocycles. The third-order valence-corrected chi connectivity index (χ3v) is 3.06. The van der Waals surface area contributed by atoms with Crippen LogP contribution in [0.3, 0.4) is 0 Å². The molecule has 0 aromatic heterocycles. The minimum absolute atomic E-state index is 0.240. The Bertz CT molecular complexity index is 728. The van der Waals surface area contributed by atoms with E-state index in [0.717, 1.165) is 30.3 Å². The molecule has 0 heterocycles. The van der Waals surface area contributed by atoms with E-state index in [4.69, 9.17) is 11.6 Å². The first-order chi connectivity index (χ1) is 10.7. The molecule has 122 valence electrons. The monoisotopic (exact) mass is 350 g/mol. The Balaban J connectivity index is 2.18. The number of anilines is 2. The quantitative estimate of drug-likeness (QED) is 0.711.